The first-order chi connectivity index (χ1) is 24.4. The molecular formula is C36H38ClN2O11S-. The number of thioether (sulfide) groups is 1. The third-order valence-corrected chi connectivity index (χ3v) is 10.4. The van der Waals surface area contributed by atoms with Gasteiger partial charge in [0.25, 0.3) is 0 Å². The molecule has 3 N–H and O–H groups in total. The summed E-state index contributed by atoms with van der Waals surface area (Å²) in [5.74, 6) is -3.19. The van der Waals surface area contributed by atoms with Gasteiger partial charge in [-0.15, -0.1) is 11.8 Å². The van der Waals surface area contributed by atoms with Crippen LogP contribution in [0.2, 0.25) is 5.02 Å². The Morgan fingerprint density at radius 3 is 2.27 bits per heavy atom. The minimum absolute atomic E-state index is 0.000470. The molecule has 3 aromatic rings. The van der Waals surface area contributed by atoms with Gasteiger partial charge in [0.2, 0.25) is 17.3 Å². The minimum Gasteiger partial charge on any atom is -0.733 e. The number of fused-ring (bicyclic) bond motifs is 1. The monoisotopic (exact) mass is 741 g/mol. The molecular weight excluding hydrogens is 704 g/mol. The van der Waals surface area contributed by atoms with Gasteiger partial charge < -0.3 is 44.5 Å². The number of rotatable bonds is 13. The predicted octanol–water partition coefficient (Wildman–Crippen LogP) is 6.06. The van der Waals surface area contributed by atoms with Crippen molar-refractivity contribution in [3.05, 3.63) is 80.7 Å². The number of amides is 1. The van der Waals surface area contributed by atoms with E-state index >= 15 is 0 Å². The number of anilines is 1. The molecule has 1 amide bonds. The Kier molecular flexibility index (Phi) is 11.3. The Balaban J connectivity index is 1.51. The molecule has 0 bridgehead atoms. The van der Waals surface area contributed by atoms with Crippen molar-refractivity contribution in [2.24, 2.45) is 5.92 Å². The van der Waals surface area contributed by atoms with E-state index < -0.39 is 40.7 Å². The third kappa shape index (κ3) is 6.76. The van der Waals surface area contributed by atoms with Crippen LogP contribution < -0.4 is 34.2 Å². The van der Waals surface area contributed by atoms with Gasteiger partial charge in [-0.3, -0.25) is 19.6 Å². The van der Waals surface area contributed by atoms with Gasteiger partial charge in [-0.05, 0) is 42.0 Å². The maximum atomic E-state index is 14.3. The van der Waals surface area contributed by atoms with E-state index in [0.29, 0.717) is 16.9 Å². The molecule has 5 rings (SSSR count). The van der Waals surface area contributed by atoms with Gasteiger partial charge in [0, 0.05) is 53.8 Å². The van der Waals surface area contributed by atoms with Crippen LogP contribution in [0.1, 0.15) is 47.2 Å². The Morgan fingerprint density at radius 2 is 1.69 bits per heavy atom. The number of nitrogens with zero attached hydrogens (tertiary/aromatic N) is 1. The van der Waals surface area contributed by atoms with Crippen LogP contribution >= 0.6 is 23.4 Å². The van der Waals surface area contributed by atoms with Gasteiger partial charge in [0.05, 0.1) is 34.1 Å². The molecule has 1 aliphatic carbocycles. The van der Waals surface area contributed by atoms with Crippen molar-refractivity contribution >= 4 is 46.5 Å². The van der Waals surface area contributed by atoms with Gasteiger partial charge in [-0.25, -0.2) is 0 Å². The van der Waals surface area contributed by atoms with Crippen LogP contribution in [0.5, 0.6) is 28.7 Å². The Labute approximate surface area is 303 Å². The fourth-order valence-corrected chi connectivity index (χ4v) is 7.32. The number of ether oxygens (including phenoxy) is 5. The zero-order chi connectivity index (χ0) is 37.2. The van der Waals surface area contributed by atoms with Crippen LogP contribution in [-0.2, 0) is 16.0 Å². The Bertz CT molecular complexity index is 1880. The second-order valence-corrected chi connectivity index (χ2v) is 13.3. The molecule has 1 aliphatic heterocycles. The number of hydrogen-bond donors (Lipinski definition) is 3. The number of ketones is 2. The number of halogens is 1. The van der Waals surface area contributed by atoms with Gasteiger partial charge in [-0.1, -0.05) is 30.7 Å². The van der Waals surface area contributed by atoms with E-state index in [0.717, 1.165) is 4.90 Å². The summed E-state index contributed by atoms with van der Waals surface area (Å²) in [6.45, 7) is 1.66. The first kappa shape index (κ1) is 37.6. The summed E-state index contributed by atoms with van der Waals surface area (Å²) in [6.07, 6.45) is 1.56. The van der Waals surface area contributed by atoms with E-state index in [1.54, 1.807) is 19.1 Å². The van der Waals surface area contributed by atoms with Gasteiger partial charge in [-0.2, -0.15) is 0 Å². The average molecular weight is 742 g/mol. The highest BCUT2D eigenvalue weighted by Crippen LogP contribution is 2.55. The summed E-state index contributed by atoms with van der Waals surface area (Å²) < 4.78 is 27.7. The lowest BCUT2D eigenvalue weighted by molar-refractivity contribution is -0.121. The number of allylic oxidation sites excluding steroid dienone is 1. The van der Waals surface area contributed by atoms with Crippen molar-refractivity contribution in [1.29, 1.82) is 0 Å². The maximum absolute atomic E-state index is 14.3. The third-order valence-electron chi connectivity index (χ3n) is 9.28. The molecule has 1 heterocycles. The molecule has 272 valence electrons. The van der Waals surface area contributed by atoms with E-state index in [9.17, 15) is 29.9 Å². The molecule has 0 radical (unpaired) electrons. The fraction of sp³-hybridized carbons (Fsp3) is 0.361. The highest BCUT2D eigenvalue weighted by atomic mass is 35.5. The minimum atomic E-state index is -2.03. The van der Waals surface area contributed by atoms with E-state index in [1.165, 1.54) is 58.4 Å². The molecule has 0 saturated heterocycles. The molecule has 3 atom stereocenters. The van der Waals surface area contributed by atoms with Gasteiger partial charge in [0.1, 0.15) is 22.1 Å². The number of methoxy groups -OCH3 is 4. The molecule has 13 nitrogen and oxygen atoms in total. The highest BCUT2D eigenvalue weighted by molar-refractivity contribution is 7.98. The van der Waals surface area contributed by atoms with Crippen molar-refractivity contribution in [3.63, 3.8) is 0 Å². The van der Waals surface area contributed by atoms with Gasteiger partial charge >= 0.3 is 0 Å². The highest BCUT2D eigenvalue weighted by Gasteiger charge is 2.61. The van der Waals surface area contributed by atoms with Crippen LogP contribution in [0.3, 0.4) is 0 Å². The number of aliphatic hydroxyl groups excluding tert-OH is 1. The zero-order valence-corrected chi connectivity index (χ0v) is 30.4. The molecule has 3 aromatic carbocycles. The summed E-state index contributed by atoms with van der Waals surface area (Å²) in [4.78, 5) is 42.8. The largest absolute Gasteiger partial charge is 0.733 e. The molecule has 51 heavy (non-hydrogen) atoms. The van der Waals surface area contributed by atoms with E-state index in [2.05, 4.69) is 5.32 Å². The first-order valence-corrected chi connectivity index (χ1v) is 17.4. The van der Waals surface area contributed by atoms with Crippen molar-refractivity contribution in [3.8, 4) is 28.7 Å². The first-order valence-electron chi connectivity index (χ1n) is 15.8. The summed E-state index contributed by atoms with van der Waals surface area (Å²) in [6, 6.07) is 11.5. The van der Waals surface area contributed by atoms with Crippen LogP contribution in [0.15, 0.2) is 58.7 Å². The normalized spacial score (nSPS) is 18.6. The summed E-state index contributed by atoms with van der Waals surface area (Å²) in [5, 5.41) is 36.2. The number of hydrogen-bond acceptors (Lipinski definition) is 13. The molecule has 2 aliphatic rings. The number of carbonyl (C=O) groups is 3. The lowest BCUT2D eigenvalue weighted by atomic mass is 9.69. The summed E-state index contributed by atoms with van der Waals surface area (Å²) >= 11 is 8.10. The predicted molar refractivity (Wildman–Crippen MR) is 190 cm³/mol. The Morgan fingerprint density at radius 1 is 1.06 bits per heavy atom. The Hall–Kier alpha value is -4.63. The van der Waals surface area contributed by atoms with Crippen molar-refractivity contribution in [2.75, 3.05) is 46.5 Å². The molecule has 0 aromatic heterocycles. The van der Waals surface area contributed by atoms with E-state index in [4.69, 9.17) is 35.3 Å². The maximum Gasteiger partial charge on any atom is 0.231 e. The summed E-state index contributed by atoms with van der Waals surface area (Å²) in [7, 11) is 5.58. The van der Waals surface area contributed by atoms with Crippen LogP contribution in [-0.4, -0.2) is 74.6 Å². The number of benzene rings is 3. The lowest BCUT2D eigenvalue weighted by Crippen LogP contribution is -2.53. The second kappa shape index (κ2) is 15.3. The van der Waals surface area contributed by atoms with Crippen molar-refractivity contribution in [2.45, 2.75) is 42.6 Å². The van der Waals surface area contributed by atoms with E-state index in [1.807, 2.05) is 18.4 Å². The summed E-state index contributed by atoms with van der Waals surface area (Å²) in [5.41, 5.74) is -1.33. The van der Waals surface area contributed by atoms with E-state index in [-0.39, 0.29) is 75.9 Å². The number of nitrogens with one attached hydrogen (secondary N) is 1. The molecule has 0 saturated carbocycles. The topological polar surface area (TPSA) is 176 Å². The smallest absolute Gasteiger partial charge is 0.231 e. The fourth-order valence-electron chi connectivity index (χ4n) is 6.64. The molecule has 1 spiro atoms. The molecule has 15 heteroatoms. The zero-order valence-electron chi connectivity index (χ0n) is 28.8. The number of aliphatic hydroxyl groups is 1. The quantitative estimate of drug-likeness (QED) is 0.136. The standard InChI is InChI=1S/C36H38ClN2O11S/c1-18-13-24(40)30(34(42)36(18)35(43)31-27(48-4)17-28(49-5)32(37)33(31)50-36)22(19-7-9-21(51-6)10-8-19)15-29(41)38-12-11-20-14-25(46-2)26(47-3)16-23(20)39(44)45/h7-10,14,16-18,22,42,44H,11-13,15H2,1-6H3,(H,38,41)/q-1. The van der Waals surface area contributed by atoms with Crippen LogP contribution in [0.25, 0.3) is 0 Å². The van der Waals surface area contributed by atoms with Crippen molar-refractivity contribution < 1.29 is 48.4 Å². The molecule has 0 fully saturated rings. The second-order valence-electron chi connectivity index (χ2n) is 12.0. The van der Waals surface area contributed by atoms with Crippen molar-refractivity contribution in [1.82, 2.24) is 5.32 Å². The van der Waals surface area contributed by atoms with Crippen LogP contribution in [0, 0.1) is 11.1 Å². The van der Waals surface area contributed by atoms with Crippen LogP contribution in [0.4, 0.5) is 5.69 Å². The average Bonchev–Trinajstić information content (AvgIpc) is 3.44. The molecule has 3 unspecified atom stereocenters. The van der Waals surface area contributed by atoms with Gasteiger partial charge in [0.15, 0.2) is 28.8 Å². The number of Topliss-reactive ketones (excluding diaryl/α,β-unsaturated/α-hetero) is 2. The lowest BCUT2D eigenvalue weighted by Gasteiger charge is -2.38. The number of carbonyl (C=O) groups excluding carboxylic acids is 3. The SMILES string of the molecule is COc1cc(CCNC(=O)CC(C2=C(O)C3(Oc4c(Cl)c(OC)cc(OC)c4C3=O)C(C)CC2=O)c2ccc(SC)cc2)c(N([O-])O)cc1OC.